The van der Waals surface area contributed by atoms with Crippen molar-refractivity contribution in [3.05, 3.63) is 83.0 Å². The number of hydrogen-bond acceptors (Lipinski definition) is 7. The first kappa shape index (κ1) is 19.2. The van der Waals surface area contributed by atoms with Gasteiger partial charge in [-0.05, 0) is 48.0 Å². The number of pyridine rings is 1. The van der Waals surface area contributed by atoms with E-state index in [1.807, 2.05) is 0 Å². The summed E-state index contributed by atoms with van der Waals surface area (Å²) in [6.07, 6.45) is 3.01. The van der Waals surface area contributed by atoms with E-state index in [4.69, 9.17) is 18.6 Å². The molecule has 0 saturated carbocycles. The van der Waals surface area contributed by atoms with Crippen LogP contribution in [-0.4, -0.2) is 25.2 Å². The van der Waals surface area contributed by atoms with Gasteiger partial charge in [0.25, 0.3) is 0 Å². The van der Waals surface area contributed by atoms with Gasteiger partial charge in [-0.3, -0.25) is 4.98 Å². The molecule has 0 fully saturated rings. The Balaban J connectivity index is 1.68. The molecular formula is C23H17NO6. The molecule has 0 spiro atoms. The second-order valence-corrected chi connectivity index (χ2v) is 6.34. The van der Waals surface area contributed by atoms with E-state index in [1.54, 1.807) is 55.6 Å². The lowest BCUT2D eigenvalue weighted by Crippen LogP contribution is -2.08. The van der Waals surface area contributed by atoms with Crippen LogP contribution in [0.25, 0.3) is 22.1 Å². The number of benzene rings is 2. The number of ether oxygens (including phenoxy) is 3. The minimum atomic E-state index is -0.527. The van der Waals surface area contributed by atoms with Crippen LogP contribution < -0.4 is 19.8 Å². The van der Waals surface area contributed by atoms with E-state index in [1.165, 1.54) is 25.6 Å². The zero-order valence-electron chi connectivity index (χ0n) is 16.2. The standard InChI is InChI=1S/C23H17NO6/c1-27-19-6-4-15(12-21(19)28-2)18-11-16-3-5-17(13-20(16)30-23(18)26)29-22(25)14-7-9-24-10-8-14/h3-13H,1-2H3. The minimum absolute atomic E-state index is 0.270. The van der Waals surface area contributed by atoms with E-state index in [-0.39, 0.29) is 5.75 Å². The molecule has 7 heteroatoms. The fourth-order valence-electron chi connectivity index (χ4n) is 3.01. The molecule has 0 aliphatic rings. The number of aromatic nitrogens is 1. The van der Waals surface area contributed by atoms with Gasteiger partial charge in [-0.25, -0.2) is 9.59 Å². The molecule has 0 amide bonds. The van der Waals surface area contributed by atoms with Crippen LogP contribution in [0.3, 0.4) is 0 Å². The Hall–Kier alpha value is -4.13. The second kappa shape index (κ2) is 8.08. The van der Waals surface area contributed by atoms with E-state index in [0.29, 0.717) is 39.2 Å². The van der Waals surface area contributed by atoms with Crippen molar-refractivity contribution < 1.29 is 23.4 Å². The lowest BCUT2D eigenvalue weighted by Gasteiger charge is -2.10. The van der Waals surface area contributed by atoms with Gasteiger partial charge in [0.2, 0.25) is 0 Å². The third-order valence-electron chi connectivity index (χ3n) is 4.53. The summed E-state index contributed by atoms with van der Waals surface area (Å²) in [5.74, 6) is 0.812. The average Bonchev–Trinajstić information content (AvgIpc) is 2.78. The molecule has 4 aromatic rings. The number of esters is 1. The normalized spacial score (nSPS) is 10.6. The smallest absolute Gasteiger partial charge is 0.344 e. The van der Waals surface area contributed by atoms with Gasteiger partial charge >= 0.3 is 11.6 Å². The van der Waals surface area contributed by atoms with Gasteiger partial charge in [0, 0.05) is 23.8 Å². The molecule has 0 atom stereocenters. The lowest BCUT2D eigenvalue weighted by atomic mass is 10.1. The van der Waals surface area contributed by atoms with Crippen LogP contribution in [0.1, 0.15) is 10.4 Å². The molecule has 0 aliphatic heterocycles. The first-order valence-electron chi connectivity index (χ1n) is 9.01. The summed E-state index contributed by atoms with van der Waals surface area (Å²) in [4.78, 5) is 28.7. The number of nitrogens with zero attached hydrogens (tertiary/aromatic N) is 1. The maximum atomic E-state index is 12.6. The van der Waals surface area contributed by atoms with Crippen LogP contribution in [0.2, 0.25) is 0 Å². The number of rotatable bonds is 5. The molecule has 0 N–H and O–H groups in total. The van der Waals surface area contributed by atoms with Crippen LogP contribution >= 0.6 is 0 Å². The minimum Gasteiger partial charge on any atom is -0.493 e. The van der Waals surface area contributed by atoms with Crippen molar-refractivity contribution in [2.24, 2.45) is 0 Å². The second-order valence-electron chi connectivity index (χ2n) is 6.34. The summed E-state index contributed by atoms with van der Waals surface area (Å²) in [7, 11) is 3.07. The highest BCUT2D eigenvalue weighted by Crippen LogP contribution is 2.32. The van der Waals surface area contributed by atoms with Crippen molar-refractivity contribution in [1.29, 1.82) is 0 Å². The number of carbonyl (C=O) groups excluding carboxylic acids is 1. The van der Waals surface area contributed by atoms with Crippen molar-refractivity contribution >= 4 is 16.9 Å². The van der Waals surface area contributed by atoms with Crippen LogP contribution in [0.5, 0.6) is 17.2 Å². The Morgan fingerprint density at radius 2 is 1.67 bits per heavy atom. The zero-order chi connectivity index (χ0) is 21.1. The van der Waals surface area contributed by atoms with E-state index in [9.17, 15) is 9.59 Å². The topological polar surface area (TPSA) is 87.9 Å². The van der Waals surface area contributed by atoms with Gasteiger partial charge in [-0.1, -0.05) is 6.07 Å². The quantitative estimate of drug-likeness (QED) is 0.282. The molecule has 150 valence electrons. The molecule has 0 aliphatic carbocycles. The molecule has 2 aromatic heterocycles. The Morgan fingerprint density at radius 3 is 2.40 bits per heavy atom. The number of fused-ring (bicyclic) bond motifs is 1. The Kier molecular flexibility index (Phi) is 5.17. The van der Waals surface area contributed by atoms with Gasteiger partial charge in [0.05, 0.1) is 25.3 Å². The van der Waals surface area contributed by atoms with Crippen molar-refractivity contribution in [3.63, 3.8) is 0 Å². The average molecular weight is 403 g/mol. The summed E-state index contributed by atoms with van der Waals surface area (Å²) in [6, 6.07) is 14.9. The summed E-state index contributed by atoms with van der Waals surface area (Å²) < 4.78 is 21.4. The molecule has 0 radical (unpaired) electrons. The van der Waals surface area contributed by atoms with Crippen LogP contribution in [-0.2, 0) is 0 Å². The van der Waals surface area contributed by atoms with E-state index in [0.717, 1.165) is 0 Å². The molecule has 0 bridgehead atoms. The fraction of sp³-hybridized carbons (Fsp3) is 0.0870. The third-order valence-corrected chi connectivity index (χ3v) is 4.53. The summed E-state index contributed by atoms with van der Waals surface area (Å²) in [5.41, 5.74) is 1.17. The SMILES string of the molecule is COc1ccc(-c2cc3ccc(OC(=O)c4ccncc4)cc3oc2=O)cc1OC. The summed E-state index contributed by atoms with van der Waals surface area (Å²) in [6.45, 7) is 0. The first-order chi connectivity index (χ1) is 14.6. The first-order valence-corrected chi connectivity index (χ1v) is 9.01. The van der Waals surface area contributed by atoms with Gasteiger partial charge in [0.1, 0.15) is 11.3 Å². The van der Waals surface area contributed by atoms with Crippen LogP contribution in [0, 0.1) is 0 Å². The molecule has 30 heavy (non-hydrogen) atoms. The summed E-state index contributed by atoms with van der Waals surface area (Å²) in [5, 5.41) is 0.683. The molecule has 4 rings (SSSR count). The summed E-state index contributed by atoms with van der Waals surface area (Å²) >= 11 is 0. The number of methoxy groups -OCH3 is 2. The van der Waals surface area contributed by atoms with E-state index < -0.39 is 11.6 Å². The predicted molar refractivity (Wildman–Crippen MR) is 110 cm³/mol. The highest BCUT2D eigenvalue weighted by Gasteiger charge is 2.13. The maximum absolute atomic E-state index is 12.6. The zero-order valence-corrected chi connectivity index (χ0v) is 16.2. The highest BCUT2D eigenvalue weighted by molar-refractivity contribution is 5.91. The molecule has 0 unspecified atom stereocenters. The molecule has 2 heterocycles. The van der Waals surface area contributed by atoms with E-state index >= 15 is 0 Å². The van der Waals surface area contributed by atoms with Crippen molar-refractivity contribution in [3.8, 4) is 28.4 Å². The third kappa shape index (κ3) is 3.73. The fourth-order valence-corrected chi connectivity index (χ4v) is 3.01. The highest BCUT2D eigenvalue weighted by atomic mass is 16.5. The van der Waals surface area contributed by atoms with Gasteiger partial charge < -0.3 is 18.6 Å². The number of hydrogen-bond donors (Lipinski definition) is 0. The Morgan fingerprint density at radius 1 is 0.900 bits per heavy atom. The van der Waals surface area contributed by atoms with Gasteiger partial charge in [-0.15, -0.1) is 0 Å². The lowest BCUT2D eigenvalue weighted by molar-refractivity contribution is 0.0735. The van der Waals surface area contributed by atoms with Gasteiger partial charge in [0.15, 0.2) is 11.5 Å². The molecule has 0 saturated heterocycles. The van der Waals surface area contributed by atoms with Crippen LogP contribution in [0.4, 0.5) is 0 Å². The monoisotopic (exact) mass is 403 g/mol. The van der Waals surface area contributed by atoms with Gasteiger partial charge in [-0.2, -0.15) is 0 Å². The molecule has 7 nitrogen and oxygen atoms in total. The van der Waals surface area contributed by atoms with Crippen molar-refractivity contribution in [1.82, 2.24) is 4.98 Å². The van der Waals surface area contributed by atoms with Crippen LogP contribution in [0.15, 0.2) is 76.2 Å². The number of carbonyl (C=O) groups is 1. The maximum Gasteiger partial charge on any atom is 0.344 e. The molecular weight excluding hydrogens is 386 g/mol. The Labute approximate surface area is 171 Å². The Bertz CT molecular complexity index is 1280. The van der Waals surface area contributed by atoms with Crippen molar-refractivity contribution in [2.75, 3.05) is 14.2 Å². The van der Waals surface area contributed by atoms with Crippen molar-refractivity contribution in [2.45, 2.75) is 0 Å². The largest absolute Gasteiger partial charge is 0.493 e. The molecule has 2 aromatic carbocycles. The van der Waals surface area contributed by atoms with E-state index in [2.05, 4.69) is 4.98 Å². The predicted octanol–water partition coefficient (Wildman–Crippen LogP) is 4.09.